The van der Waals surface area contributed by atoms with Crippen LogP contribution in [0.5, 0.6) is 5.75 Å². The fourth-order valence-electron chi connectivity index (χ4n) is 1.16. The van der Waals surface area contributed by atoms with Gasteiger partial charge in [0, 0.05) is 29.0 Å². The molecule has 0 radical (unpaired) electrons. The maximum atomic E-state index is 5.87. The summed E-state index contributed by atoms with van der Waals surface area (Å²) in [6, 6.07) is 5.59. The number of anilines is 1. The van der Waals surface area contributed by atoms with Gasteiger partial charge in [0.25, 0.3) is 0 Å². The molecule has 0 aliphatic carbocycles. The molecule has 1 aromatic carbocycles. The van der Waals surface area contributed by atoms with E-state index >= 15 is 0 Å². The Morgan fingerprint density at radius 3 is 2.93 bits per heavy atom. The number of nitrogens with zero attached hydrogens (tertiary/aromatic N) is 1. The summed E-state index contributed by atoms with van der Waals surface area (Å²) in [5.41, 5.74) is 6.56. The molecule has 0 unspecified atom stereocenters. The number of aromatic nitrogens is 2. The summed E-state index contributed by atoms with van der Waals surface area (Å²) in [6.45, 7) is 0. The normalized spacial score (nSPS) is 10.2. The summed E-state index contributed by atoms with van der Waals surface area (Å²) < 4.78 is 5.07. The zero-order chi connectivity index (χ0) is 10.7. The number of nitrogens with one attached hydrogen (secondary N) is 1. The highest BCUT2D eigenvalue weighted by Crippen LogP contribution is 2.31. The monoisotopic (exact) mass is 221 g/mol. The lowest BCUT2D eigenvalue weighted by molar-refractivity contribution is 0.415. The minimum absolute atomic E-state index is 0.691. The maximum Gasteiger partial charge on any atom is 0.170 e. The molecular weight excluding hydrogens is 210 g/mol. The number of benzene rings is 1. The lowest BCUT2D eigenvalue weighted by Crippen LogP contribution is -1.91. The molecule has 0 amide bonds. The molecule has 5 heteroatoms. The summed E-state index contributed by atoms with van der Waals surface area (Å²) in [4.78, 5) is 8.09. The first kappa shape index (κ1) is 9.92. The molecule has 0 spiro atoms. The van der Waals surface area contributed by atoms with Crippen LogP contribution in [0.15, 0.2) is 40.6 Å². The molecule has 0 aliphatic heterocycles. The van der Waals surface area contributed by atoms with Gasteiger partial charge < -0.3 is 15.5 Å². The zero-order valence-electron chi connectivity index (χ0n) is 8.23. The van der Waals surface area contributed by atoms with Crippen LogP contribution in [0.25, 0.3) is 0 Å². The molecule has 78 valence electrons. The van der Waals surface area contributed by atoms with E-state index in [0.717, 1.165) is 15.8 Å². The van der Waals surface area contributed by atoms with Crippen LogP contribution in [-0.4, -0.2) is 17.1 Å². The van der Waals surface area contributed by atoms with Crippen molar-refractivity contribution in [3.63, 3.8) is 0 Å². The Labute approximate surface area is 91.9 Å². The molecular formula is C10H11N3OS. The van der Waals surface area contributed by atoms with Crippen molar-refractivity contribution < 1.29 is 4.74 Å². The Balaban J connectivity index is 2.22. The summed E-state index contributed by atoms with van der Waals surface area (Å²) in [6.07, 6.45) is 3.49. The first-order valence-electron chi connectivity index (χ1n) is 4.40. The van der Waals surface area contributed by atoms with Crippen LogP contribution >= 0.6 is 11.8 Å². The Bertz CT molecular complexity index is 442. The second kappa shape index (κ2) is 4.27. The van der Waals surface area contributed by atoms with E-state index in [1.807, 2.05) is 12.1 Å². The molecule has 0 bridgehead atoms. The largest absolute Gasteiger partial charge is 0.497 e. The number of nitrogen functional groups attached to an aromatic ring is 1. The minimum atomic E-state index is 0.691. The first-order valence-corrected chi connectivity index (χ1v) is 5.22. The van der Waals surface area contributed by atoms with Gasteiger partial charge in [-0.1, -0.05) is 0 Å². The van der Waals surface area contributed by atoms with Crippen molar-refractivity contribution in [2.24, 2.45) is 0 Å². The maximum absolute atomic E-state index is 5.87. The summed E-state index contributed by atoms with van der Waals surface area (Å²) in [5.74, 6) is 0.760. The summed E-state index contributed by atoms with van der Waals surface area (Å²) >= 11 is 1.49. The van der Waals surface area contributed by atoms with Crippen LogP contribution in [0, 0.1) is 0 Å². The summed E-state index contributed by atoms with van der Waals surface area (Å²) in [7, 11) is 1.62. The number of ether oxygens (including phenoxy) is 1. The average Bonchev–Trinajstić information content (AvgIpc) is 2.74. The van der Waals surface area contributed by atoms with Crippen LogP contribution in [0.2, 0.25) is 0 Å². The van der Waals surface area contributed by atoms with Gasteiger partial charge in [-0.05, 0) is 23.9 Å². The van der Waals surface area contributed by atoms with Crippen molar-refractivity contribution in [3.05, 3.63) is 30.6 Å². The third-order valence-corrected chi connectivity index (χ3v) is 2.91. The molecule has 0 aliphatic rings. The number of aromatic amines is 1. The minimum Gasteiger partial charge on any atom is -0.497 e. The molecule has 4 nitrogen and oxygen atoms in total. The number of imidazole rings is 1. The van der Waals surface area contributed by atoms with Crippen LogP contribution in [0.1, 0.15) is 0 Å². The van der Waals surface area contributed by atoms with Crippen molar-refractivity contribution in [2.45, 2.75) is 10.1 Å². The molecule has 0 atom stereocenters. The third-order valence-electron chi connectivity index (χ3n) is 1.90. The highest BCUT2D eigenvalue weighted by atomic mass is 32.2. The van der Waals surface area contributed by atoms with Crippen molar-refractivity contribution in [3.8, 4) is 5.75 Å². The second-order valence-electron chi connectivity index (χ2n) is 2.90. The SMILES string of the molecule is COc1ccc(Sc2ncc[nH]2)c(N)c1. The van der Waals surface area contributed by atoms with E-state index in [2.05, 4.69) is 9.97 Å². The number of hydrogen-bond donors (Lipinski definition) is 2. The molecule has 2 rings (SSSR count). The van der Waals surface area contributed by atoms with E-state index in [9.17, 15) is 0 Å². The predicted molar refractivity (Wildman–Crippen MR) is 60.1 cm³/mol. The zero-order valence-corrected chi connectivity index (χ0v) is 9.04. The molecule has 0 saturated heterocycles. The molecule has 3 N–H and O–H groups in total. The van der Waals surface area contributed by atoms with E-state index in [1.54, 1.807) is 25.6 Å². The Morgan fingerprint density at radius 2 is 2.33 bits per heavy atom. The van der Waals surface area contributed by atoms with E-state index in [1.165, 1.54) is 11.8 Å². The number of rotatable bonds is 3. The van der Waals surface area contributed by atoms with Crippen LogP contribution in [0.3, 0.4) is 0 Å². The van der Waals surface area contributed by atoms with Gasteiger partial charge >= 0.3 is 0 Å². The highest BCUT2D eigenvalue weighted by Gasteiger charge is 2.04. The van der Waals surface area contributed by atoms with Crippen molar-refractivity contribution >= 4 is 17.4 Å². The molecule has 0 saturated carbocycles. The Kier molecular flexibility index (Phi) is 2.82. The number of methoxy groups -OCH3 is 1. The Hall–Kier alpha value is -1.62. The Morgan fingerprint density at radius 1 is 1.47 bits per heavy atom. The smallest absolute Gasteiger partial charge is 0.170 e. The standard InChI is InChI=1S/C10H11N3OS/c1-14-7-2-3-9(8(11)6-7)15-10-12-4-5-13-10/h2-6H,11H2,1H3,(H,12,13). The van der Waals surface area contributed by atoms with Gasteiger partial charge in [-0.3, -0.25) is 0 Å². The van der Waals surface area contributed by atoms with E-state index < -0.39 is 0 Å². The molecule has 15 heavy (non-hydrogen) atoms. The first-order chi connectivity index (χ1) is 7.29. The molecule has 1 aromatic heterocycles. The van der Waals surface area contributed by atoms with Gasteiger partial charge in [-0.2, -0.15) is 0 Å². The van der Waals surface area contributed by atoms with Gasteiger partial charge in [-0.15, -0.1) is 0 Å². The lowest BCUT2D eigenvalue weighted by Gasteiger charge is -2.05. The van der Waals surface area contributed by atoms with Gasteiger partial charge in [-0.25, -0.2) is 4.98 Å². The number of hydrogen-bond acceptors (Lipinski definition) is 4. The highest BCUT2D eigenvalue weighted by molar-refractivity contribution is 7.99. The van der Waals surface area contributed by atoms with E-state index in [4.69, 9.17) is 10.5 Å². The fourth-order valence-corrected chi connectivity index (χ4v) is 1.92. The van der Waals surface area contributed by atoms with Crippen LogP contribution in [-0.2, 0) is 0 Å². The van der Waals surface area contributed by atoms with Crippen molar-refractivity contribution in [1.82, 2.24) is 9.97 Å². The van der Waals surface area contributed by atoms with Gasteiger partial charge in [0.1, 0.15) is 5.75 Å². The average molecular weight is 221 g/mol. The fraction of sp³-hybridized carbons (Fsp3) is 0.100. The van der Waals surface area contributed by atoms with Gasteiger partial charge in [0.05, 0.1) is 7.11 Å². The number of nitrogens with two attached hydrogens (primary N) is 1. The van der Waals surface area contributed by atoms with Gasteiger partial charge in [0.15, 0.2) is 5.16 Å². The van der Waals surface area contributed by atoms with E-state index in [0.29, 0.717) is 5.69 Å². The van der Waals surface area contributed by atoms with Gasteiger partial charge in [0.2, 0.25) is 0 Å². The van der Waals surface area contributed by atoms with E-state index in [-0.39, 0.29) is 0 Å². The molecule has 1 heterocycles. The molecule has 0 fully saturated rings. The quantitative estimate of drug-likeness (QED) is 0.779. The van der Waals surface area contributed by atoms with Crippen LogP contribution in [0.4, 0.5) is 5.69 Å². The second-order valence-corrected chi connectivity index (χ2v) is 3.93. The van der Waals surface area contributed by atoms with Crippen molar-refractivity contribution in [2.75, 3.05) is 12.8 Å². The predicted octanol–water partition coefficient (Wildman–Crippen LogP) is 2.15. The van der Waals surface area contributed by atoms with Crippen LogP contribution < -0.4 is 10.5 Å². The lowest BCUT2D eigenvalue weighted by atomic mass is 10.3. The summed E-state index contributed by atoms with van der Waals surface area (Å²) in [5, 5.41) is 0.826. The molecule has 2 aromatic rings. The number of H-pyrrole nitrogens is 1. The van der Waals surface area contributed by atoms with Crippen molar-refractivity contribution in [1.29, 1.82) is 0 Å². The topological polar surface area (TPSA) is 63.9 Å². The third kappa shape index (κ3) is 2.24.